The van der Waals surface area contributed by atoms with Crippen LogP contribution in [0.25, 0.3) is 0 Å². The van der Waals surface area contributed by atoms with E-state index in [9.17, 15) is 23.2 Å². The van der Waals surface area contributed by atoms with Gasteiger partial charge < -0.3 is 20.7 Å². The number of hydrogen-bond donors (Lipinski definition) is 4. The van der Waals surface area contributed by atoms with Crippen LogP contribution in [-0.4, -0.2) is 58.3 Å². The molecule has 13 heteroatoms. The summed E-state index contributed by atoms with van der Waals surface area (Å²) in [4.78, 5) is 39.7. The first-order chi connectivity index (χ1) is 19.8. The number of ether oxygens (including phenoxy) is 1. The van der Waals surface area contributed by atoms with E-state index in [-0.39, 0.29) is 23.2 Å². The van der Waals surface area contributed by atoms with Crippen LogP contribution in [0.4, 0.5) is 18.9 Å². The van der Waals surface area contributed by atoms with Gasteiger partial charge in [0.05, 0.1) is 24.8 Å². The fraction of sp³-hybridized carbons (Fsp3) is 0.586. The molecular formula is C29H37F3N6O4. The number of aromatic nitrogens is 2. The topological polar surface area (TPSA) is 140 Å². The highest BCUT2D eigenvalue weighted by Gasteiger charge is 2.58. The molecule has 2 saturated carbocycles. The smallest absolute Gasteiger partial charge is 0.327 e. The number of carbonyl (C=O) groups excluding carboxylic acids is 3. The third-order valence-corrected chi connectivity index (χ3v) is 8.52. The van der Waals surface area contributed by atoms with E-state index >= 15 is 4.39 Å². The molecule has 42 heavy (non-hydrogen) atoms. The lowest BCUT2D eigenvalue weighted by atomic mass is 9.88. The molecule has 228 valence electrons. The lowest BCUT2D eigenvalue weighted by Gasteiger charge is -2.45. The zero-order valence-electron chi connectivity index (χ0n) is 23.8. The molecule has 1 aromatic carbocycles. The highest BCUT2D eigenvalue weighted by Crippen LogP contribution is 2.51. The quantitative estimate of drug-likeness (QED) is 0.280. The molecule has 0 bridgehead atoms. The van der Waals surface area contributed by atoms with Crippen LogP contribution in [0, 0.1) is 23.6 Å². The Bertz CT molecular complexity index is 1340. The van der Waals surface area contributed by atoms with Gasteiger partial charge in [0, 0.05) is 12.2 Å². The van der Waals surface area contributed by atoms with E-state index in [0.29, 0.717) is 17.5 Å². The summed E-state index contributed by atoms with van der Waals surface area (Å²) in [5.74, 6) is -2.97. The minimum atomic E-state index is -3.70. The Kier molecular flexibility index (Phi) is 8.10. The molecule has 1 saturated heterocycles. The van der Waals surface area contributed by atoms with Crippen molar-refractivity contribution in [1.82, 2.24) is 20.4 Å². The highest BCUT2D eigenvalue weighted by atomic mass is 19.3. The van der Waals surface area contributed by atoms with E-state index in [1.165, 1.54) is 25.3 Å². The molecule has 0 radical (unpaired) electrons. The number of carbonyl (C=O) groups is 3. The molecule has 0 spiro atoms. The van der Waals surface area contributed by atoms with Crippen molar-refractivity contribution in [2.45, 2.75) is 76.0 Å². The molecule has 2 heterocycles. The summed E-state index contributed by atoms with van der Waals surface area (Å²) in [7, 11) is 0. The summed E-state index contributed by atoms with van der Waals surface area (Å²) in [6.45, 7) is 4.38. The fourth-order valence-corrected chi connectivity index (χ4v) is 5.61. The first-order valence-corrected chi connectivity index (χ1v) is 14.3. The second-order valence-corrected chi connectivity index (χ2v) is 12.1. The van der Waals surface area contributed by atoms with Crippen LogP contribution in [0.5, 0.6) is 0 Å². The maximum absolute atomic E-state index is 15.3. The zero-order valence-corrected chi connectivity index (χ0v) is 23.8. The second kappa shape index (κ2) is 11.3. The van der Waals surface area contributed by atoms with E-state index in [0.717, 1.165) is 31.7 Å². The van der Waals surface area contributed by atoms with Crippen molar-refractivity contribution in [2.24, 2.45) is 23.5 Å². The summed E-state index contributed by atoms with van der Waals surface area (Å²) in [6, 6.07) is 0.807. The normalized spacial score (nSPS) is 19.6. The summed E-state index contributed by atoms with van der Waals surface area (Å²) >= 11 is 0. The predicted octanol–water partition coefficient (Wildman–Crippen LogP) is 3.32. The van der Waals surface area contributed by atoms with Gasteiger partial charge in [0.1, 0.15) is 17.6 Å². The van der Waals surface area contributed by atoms with Crippen molar-refractivity contribution in [2.75, 3.05) is 18.5 Å². The molecule has 1 aliphatic heterocycles. The lowest BCUT2D eigenvalue weighted by molar-refractivity contribution is -0.203. The number of benzene rings is 1. The molecular weight excluding hydrogens is 553 g/mol. The second-order valence-electron chi connectivity index (χ2n) is 12.1. The Labute approximate surface area is 241 Å². The fourth-order valence-electron chi connectivity index (χ4n) is 5.61. The van der Waals surface area contributed by atoms with Crippen LogP contribution in [0.3, 0.4) is 0 Å². The van der Waals surface area contributed by atoms with Crippen LogP contribution in [-0.2, 0) is 14.3 Å². The van der Waals surface area contributed by atoms with E-state index < -0.39 is 60.3 Å². The first-order valence-electron chi connectivity index (χ1n) is 14.3. The van der Waals surface area contributed by atoms with Gasteiger partial charge in [-0.25, -0.2) is 4.39 Å². The molecule has 3 fully saturated rings. The van der Waals surface area contributed by atoms with E-state index in [1.807, 2.05) is 13.8 Å². The molecule has 2 aliphatic carbocycles. The number of rotatable bonds is 12. The summed E-state index contributed by atoms with van der Waals surface area (Å²) in [5, 5.41) is 12.0. The summed E-state index contributed by atoms with van der Waals surface area (Å²) < 4.78 is 49.5. The Hall–Kier alpha value is -3.45. The number of halogens is 3. The van der Waals surface area contributed by atoms with Crippen molar-refractivity contribution in [3.05, 3.63) is 47.5 Å². The van der Waals surface area contributed by atoms with Crippen LogP contribution < -0.4 is 21.7 Å². The van der Waals surface area contributed by atoms with Crippen molar-refractivity contribution in [3.63, 3.8) is 0 Å². The van der Waals surface area contributed by atoms with Gasteiger partial charge in [-0.15, -0.1) is 0 Å². The maximum Gasteiger partial charge on any atom is 0.327 e. The summed E-state index contributed by atoms with van der Waals surface area (Å²) in [5.41, 5.74) is 3.38. The molecule has 3 amide bonds. The van der Waals surface area contributed by atoms with Gasteiger partial charge in [-0.1, -0.05) is 6.07 Å². The van der Waals surface area contributed by atoms with E-state index in [4.69, 9.17) is 10.5 Å². The minimum absolute atomic E-state index is 0.0628. The van der Waals surface area contributed by atoms with Crippen LogP contribution in [0.15, 0.2) is 30.5 Å². The zero-order chi connectivity index (χ0) is 30.4. The molecule has 2 unspecified atom stereocenters. The van der Waals surface area contributed by atoms with Gasteiger partial charge in [-0.05, 0) is 88.0 Å². The van der Waals surface area contributed by atoms with Crippen molar-refractivity contribution < 1.29 is 32.3 Å². The molecule has 1 aromatic heterocycles. The molecule has 5 N–H and O–H groups in total. The van der Waals surface area contributed by atoms with Crippen LogP contribution in [0.2, 0.25) is 0 Å². The Balaban J connectivity index is 1.31. The van der Waals surface area contributed by atoms with E-state index in [1.54, 1.807) is 10.7 Å². The van der Waals surface area contributed by atoms with Gasteiger partial charge in [-0.3, -0.25) is 24.8 Å². The summed E-state index contributed by atoms with van der Waals surface area (Å²) in [6.07, 6.45) is 5.41. The average molecular weight is 591 g/mol. The van der Waals surface area contributed by atoms with Gasteiger partial charge >= 0.3 is 6.05 Å². The molecule has 10 nitrogen and oxygen atoms in total. The number of alkyl halides is 2. The van der Waals surface area contributed by atoms with E-state index in [2.05, 4.69) is 21.0 Å². The third-order valence-electron chi connectivity index (χ3n) is 8.52. The number of anilines is 1. The standard InChI is InChI=1S/C29H37F3N6O4/c1-15(2)38-22(10-11-34-38)26(40)36-24(23(17-4-5-17)18-6-7-18)27(41)35-21-9-8-19(12-20(21)30)16(3)25(39)37-28(13-42-14-28)29(31,32)33/h8-12,15-18,23-24H,4-7,13-14,33H2,1-3H3,(H,35,41)(H,36,40)(H,37,39). The first kappa shape index (κ1) is 30.0. The third kappa shape index (κ3) is 6.03. The van der Waals surface area contributed by atoms with Gasteiger partial charge in [0.2, 0.25) is 11.8 Å². The predicted molar refractivity (Wildman–Crippen MR) is 147 cm³/mol. The van der Waals surface area contributed by atoms with Gasteiger partial charge in [-0.2, -0.15) is 13.9 Å². The number of nitrogens with one attached hydrogen (secondary N) is 3. The Morgan fingerprint density at radius 3 is 2.21 bits per heavy atom. The maximum atomic E-state index is 15.3. The number of amides is 3. The van der Waals surface area contributed by atoms with Crippen LogP contribution >= 0.6 is 0 Å². The Morgan fingerprint density at radius 1 is 1.07 bits per heavy atom. The lowest BCUT2D eigenvalue weighted by Crippen LogP contribution is -2.74. The van der Waals surface area contributed by atoms with Crippen molar-refractivity contribution in [1.29, 1.82) is 0 Å². The Morgan fingerprint density at radius 2 is 1.71 bits per heavy atom. The SMILES string of the molecule is CC(C(=O)NC1(C(N)(F)F)COC1)c1ccc(NC(=O)C(NC(=O)c2ccnn2C(C)C)C(C2CC2)C2CC2)c(F)c1. The largest absolute Gasteiger partial charge is 0.376 e. The van der Waals surface area contributed by atoms with Gasteiger partial charge in [0.25, 0.3) is 5.91 Å². The number of nitrogens with zero attached hydrogens (tertiary/aromatic N) is 2. The number of hydrogen-bond acceptors (Lipinski definition) is 6. The molecule has 3 aliphatic rings. The van der Waals surface area contributed by atoms with Crippen molar-refractivity contribution >= 4 is 23.4 Å². The minimum Gasteiger partial charge on any atom is -0.376 e. The molecule has 2 aromatic rings. The van der Waals surface area contributed by atoms with Crippen LogP contribution in [0.1, 0.15) is 74.5 Å². The van der Waals surface area contributed by atoms with Crippen molar-refractivity contribution in [3.8, 4) is 0 Å². The number of nitrogens with two attached hydrogens (primary N) is 1. The van der Waals surface area contributed by atoms with Gasteiger partial charge in [0.15, 0.2) is 5.54 Å². The average Bonchev–Trinajstić information content (AvgIpc) is 3.84. The molecule has 5 rings (SSSR count). The molecule has 2 atom stereocenters. The highest BCUT2D eigenvalue weighted by molar-refractivity contribution is 6.01. The monoisotopic (exact) mass is 590 g/mol.